The van der Waals surface area contributed by atoms with Crippen LogP contribution in [0.15, 0.2) is 24.3 Å². The molecule has 0 aliphatic carbocycles. The molecule has 0 radical (unpaired) electrons. The summed E-state index contributed by atoms with van der Waals surface area (Å²) >= 11 is 0. The van der Waals surface area contributed by atoms with Crippen LogP contribution in [0.5, 0.6) is 5.75 Å². The van der Waals surface area contributed by atoms with Crippen LogP contribution in [-0.2, 0) is 18.6 Å². The lowest BCUT2D eigenvalue weighted by molar-refractivity contribution is -0.117. The van der Waals surface area contributed by atoms with Crippen molar-refractivity contribution >= 4 is 37.4 Å². The maximum Gasteiger partial charge on any atom is 0.410 e. The molecule has 0 aromatic heterocycles. The highest BCUT2D eigenvalue weighted by Crippen LogP contribution is 2.29. The van der Waals surface area contributed by atoms with Crippen molar-refractivity contribution in [3.05, 3.63) is 24.3 Å². The molecule has 31 heavy (non-hydrogen) atoms. The number of hydrogen-bond donors (Lipinski definition) is 0. The molecule has 2 fully saturated rings. The number of benzene rings is 1. The van der Waals surface area contributed by atoms with E-state index < -0.39 is 14.7 Å². The zero-order chi connectivity index (χ0) is 22.8. The van der Waals surface area contributed by atoms with Crippen LogP contribution in [0.3, 0.4) is 0 Å². The minimum absolute atomic E-state index is 0.00346. The van der Waals surface area contributed by atoms with Gasteiger partial charge in [0, 0.05) is 61.2 Å². The molecule has 2 aliphatic heterocycles. The van der Waals surface area contributed by atoms with E-state index in [0.29, 0.717) is 43.9 Å². The second kappa shape index (κ2) is 9.24. The Hall–Kier alpha value is -2.00. The summed E-state index contributed by atoms with van der Waals surface area (Å²) in [4.78, 5) is 27.7. The first kappa shape index (κ1) is 23.7. The van der Waals surface area contributed by atoms with E-state index in [-0.39, 0.29) is 36.2 Å². The third kappa shape index (κ3) is 7.00. The lowest BCUT2D eigenvalue weighted by Crippen LogP contribution is -2.44. The third-order valence-corrected chi connectivity index (χ3v) is 6.43. The average Bonchev–Trinajstić information content (AvgIpc) is 3.00. The van der Waals surface area contributed by atoms with E-state index in [0.717, 1.165) is 0 Å². The number of carbonyl (C=O) groups excluding carboxylic acids is 2. The summed E-state index contributed by atoms with van der Waals surface area (Å²) in [5.41, 5.74) is 0.188. The Labute approximate surface area is 187 Å². The maximum atomic E-state index is 12.3. The van der Waals surface area contributed by atoms with Crippen molar-refractivity contribution < 1.29 is 27.5 Å². The Morgan fingerprint density at radius 3 is 2.32 bits per heavy atom. The Morgan fingerprint density at radius 2 is 1.77 bits per heavy atom. The van der Waals surface area contributed by atoms with E-state index in [1.807, 2.05) is 20.8 Å². The number of hydrogen-bond acceptors (Lipinski definition) is 6. The number of carbonyl (C=O) groups is 2. The molecular weight excluding hydrogens is 444 g/mol. The summed E-state index contributed by atoms with van der Waals surface area (Å²) in [6, 6.07) is 7.18. The fourth-order valence-electron chi connectivity index (χ4n) is 3.80. The smallest absolute Gasteiger partial charge is 0.410 e. The highest BCUT2D eigenvalue weighted by Gasteiger charge is 2.33. The summed E-state index contributed by atoms with van der Waals surface area (Å²) in [5.74, 6) is 0.0561. The summed E-state index contributed by atoms with van der Waals surface area (Å²) in [7, 11) is 1.68. The number of ether oxygens (including phenoxy) is 2. The van der Waals surface area contributed by atoms with Gasteiger partial charge in [0.25, 0.3) is 0 Å². The number of piperidine rings is 1. The van der Waals surface area contributed by atoms with Gasteiger partial charge in [-0.05, 0) is 45.0 Å². The number of anilines is 1. The summed E-state index contributed by atoms with van der Waals surface area (Å²) in [6.07, 6.45) is 1.28. The topological polar surface area (TPSA) is 93.2 Å². The quantitative estimate of drug-likeness (QED) is 0.610. The van der Waals surface area contributed by atoms with Gasteiger partial charge < -0.3 is 19.3 Å². The molecular formula is C21H29ClN2O6S. The third-order valence-electron chi connectivity index (χ3n) is 5.18. The number of likely N-dealkylation sites (tertiary alicyclic amines) is 1. The first-order valence-electron chi connectivity index (χ1n) is 10.4. The van der Waals surface area contributed by atoms with Crippen molar-refractivity contribution in [1.29, 1.82) is 0 Å². The van der Waals surface area contributed by atoms with Crippen LogP contribution in [0.25, 0.3) is 0 Å². The van der Waals surface area contributed by atoms with Gasteiger partial charge in [0.2, 0.25) is 15.0 Å². The number of amides is 2. The van der Waals surface area contributed by atoms with Gasteiger partial charge in [-0.25, -0.2) is 13.2 Å². The molecule has 2 amide bonds. The van der Waals surface area contributed by atoms with Gasteiger partial charge >= 0.3 is 6.09 Å². The zero-order valence-corrected chi connectivity index (χ0v) is 19.6. The first-order valence-corrected chi connectivity index (χ1v) is 12.8. The van der Waals surface area contributed by atoms with E-state index in [1.54, 1.807) is 34.1 Å². The van der Waals surface area contributed by atoms with Crippen molar-refractivity contribution in [1.82, 2.24) is 4.90 Å². The van der Waals surface area contributed by atoms with Crippen molar-refractivity contribution in [3.8, 4) is 5.75 Å². The van der Waals surface area contributed by atoms with E-state index in [9.17, 15) is 18.0 Å². The molecule has 1 aromatic carbocycles. The number of halogens is 1. The molecule has 0 bridgehead atoms. The Bertz CT molecular complexity index is 905. The van der Waals surface area contributed by atoms with E-state index in [4.69, 9.17) is 20.2 Å². The Morgan fingerprint density at radius 1 is 1.16 bits per heavy atom. The van der Waals surface area contributed by atoms with Crippen LogP contribution in [0.1, 0.15) is 40.0 Å². The monoisotopic (exact) mass is 472 g/mol. The van der Waals surface area contributed by atoms with Gasteiger partial charge in [0.05, 0.1) is 5.75 Å². The maximum absolute atomic E-state index is 12.3. The van der Waals surface area contributed by atoms with Crippen molar-refractivity contribution in [2.24, 2.45) is 5.92 Å². The molecule has 2 aliphatic rings. The van der Waals surface area contributed by atoms with Crippen molar-refractivity contribution in [2.45, 2.75) is 51.7 Å². The fourth-order valence-corrected chi connectivity index (χ4v) is 5.12. The predicted molar refractivity (Wildman–Crippen MR) is 118 cm³/mol. The van der Waals surface area contributed by atoms with Crippen LogP contribution in [0.4, 0.5) is 10.5 Å². The minimum atomic E-state index is -3.64. The first-order chi connectivity index (χ1) is 14.4. The van der Waals surface area contributed by atoms with Crippen molar-refractivity contribution in [3.63, 3.8) is 0 Å². The zero-order valence-electron chi connectivity index (χ0n) is 18.0. The van der Waals surface area contributed by atoms with E-state index in [1.165, 1.54) is 0 Å². The Kier molecular flexibility index (Phi) is 7.05. The van der Waals surface area contributed by atoms with E-state index in [2.05, 4.69) is 0 Å². The lowest BCUT2D eigenvalue weighted by Gasteiger charge is -2.33. The predicted octanol–water partition coefficient (Wildman–Crippen LogP) is 3.39. The van der Waals surface area contributed by atoms with Crippen LogP contribution < -0.4 is 9.64 Å². The van der Waals surface area contributed by atoms with Gasteiger partial charge in [-0.1, -0.05) is 0 Å². The molecule has 8 nitrogen and oxygen atoms in total. The van der Waals surface area contributed by atoms with Gasteiger partial charge in [-0.2, -0.15) is 0 Å². The summed E-state index contributed by atoms with van der Waals surface area (Å²) in [5, 5.41) is 0. The van der Waals surface area contributed by atoms with E-state index >= 15 is 0 Å². The van der Waals surface area contributed by atoms with Gasteiger partial charge in [-0.15, -0.1) is 0 Å². The molecule has 10 heteroatoms. The second-order valence-corrected chi connectivity index (χ2v) is 11.9. The fraction of sp³-hybridized carbons (Fsp3) is 0.619. The molecule has 0 spiro atoms. The molecule has 2 saturated heterocycles. The van der Waals surface area contributed by atoms with Gasteiger partial charge in [0.15, 0.2) is 0 Å². The largest absolute Gasteiger partial charge is 0.490 e. The van der Waals surface area contributed by atoms with Crippen LogP contribution in [-0.4, -0.2) is 62.4 Å². The average molecular weight is 473 g/mol. The summed E-state index contributed by atoms with van der Waals surface area (Å²) in [6.45, 7) is 7.02. The molecule has 0 N–H and O–H groups in total. The summed E-state index contributed by atoms with van der Waals surface area (Å²) < 4.78 is 34.0. The second-order valence-electron chi connectivity index (χ2n) is 9.06. The molecule has 0 saturated carbocycles. The van der Waals surface area contributed by atoms with Crippen molar-refractivity contribution in [2.75, 3.05) is 30.3 Å². The molecule has 3 rings (SSSR count). The number of nitrogens with zero attached hydrogens (tertiary/aromatic N) is 2. The van der Waals surface area contributed by atoms with Crippen LogP contribution in [0.2, 0.25) is 0 Å². The standard InChI is InChI=1S/C21H29ClN2O6S/c1-21(2,3)30-20(26)23-10-8-18(9-11-23)29-17-6-4-16(5-7-17)24-13-15(12-19(24)25)14-31(22,27)28/h4-7,15,18H,8-14H2,1-3H3. The highest BCUT2D eigenvalue weighted by molar-refractivity contribution is 8.13. The lowest BCUT2D eigenvalue weighted by atomic mass is 10.1. The van der Waals surface area contributed by atoms with Crippen LogP contribution in [0, 0.1) is 5.92 Å². The number of rotatable bonds is 5. The molecule has 2 heterocycles. The Balaban J connectivity index is 1.50. The molecule has 1 aromatic rings. The highest BCUT2D eigenvalue weighted by atomic mass is 35.7. The van der Waals surface area contributed by atoms with Gasteiger partial charge in [-0.3, -0.25) is 4.79 Å². The molecule has 172 valence electrons. The minimum Gasteiger partial charge on any atom is -0.490 e. The SMILES string of the molecule is CC(C)(C)OC(=O)N1CCC(Oc2ccc(N3CC(CS(=O)(=O)Cl)CC3=O)cc2)CC1. The molecule has 1 atom stereocenters. The molecule has 1 unspecified atom stereocenters. The normalized spacial score (nSPS) is 20.8. The van der Waals surface area contributed by atoms with Gasteiger partial charge in [0.1, 0.15) is 17.5 Å². The van der Waals surface area contributed by atoms with Crippen LogP contribution >= 0.6 is 10.7 Å².